The Bertz CT molecular complexity index is 353. The van der Waals surface area contributed by atoms with Crippen LogP contribution in [0.25, 0.3) is 0 Å². The maximum Gasteiger partial charge on any atom is 0.243 e. The smallest absolute Gasteiger partial charge is 0.243 e. The van der Waals surface area contributed by atoms with Crippen molar-refractivity contribution in [1.29, 1.82) is 5.26 Å². The summed E-state index contributed by atoms with van der Waals surface area (Å²) in [5.74, 6) is 0.641. The number of hydrogen-bond acceptors (Lipinski definition) is 3. The molecule has 2 rings (SSSR count). The number of carbonyl (C=O) groups is 1. The highest BCUT2D eigenvalue weighted by Gasteiger charge is 2.51. The predicted octanol–water partition coefficient (Wildman–Crippen LogP) is 1.16. The van der Waals surface area contributed by atoms with Gasteiger partial charge in [-0.1, -0.05) is 6.92 Å². The largest absolute Gasteiger partial charge is 0.393 e. The number of likely N-dealkylation sites (tertiary alicyclic amines) is 1. The van der Waals surface area contributed by atoms with Gasteiger partial charge in [-0.3, -0.25) is 4.79 Å². The molecule has 0 aromatic heterocycles. The summed E-state index contributed by atoms with van der Waals surface area (Å²) in [6, 6.07) is 2.21. The minimum Gasteiger partial charge on any atom is -0.393 e. The van der Waals surface area contributed by atoms with E-state index in [1.54, 1.807) is 11.8 Å². The molecule has 1 aliphatic heterocycles. The van der Waals surface area contributed by atoms with Crippen molar-refractivity contribution in [2.75, 3.05) is 13.1 Å². The lowest BCUT2D eigenvalue weighted by atomic mass is 9.63. The third kappa shape index (κ3) is 2.04. The van der Waals surface area contributed by atoms with Crippen molar-refractivity contribution in [3.05, 3.63) is 0 Å². The zero-order valence-electron chi connectivity index (χ0n) is 10.5. The molecule has 17 heavy (non-hydrogen) atoms. The minimum absolute atomic E-state index is 0.0127. The van der Waals surface area contributed by atoms with Gasteiger partial charge in [0.25, 0.3) is 0 Å². The van der Waals surface area contributed by atoms with Crippen LogP contribution in [0.1, 0.15) is 33.1 Å². The van der Waals surface area contributed by atoms with Gasteiger partial charge < -0.3 is 10.0 Å². The molecule has 1 heterocycles. The fourth-order valence-electron chi connectivity index (χ4n) is 3.11. The van der Waals surface area contributed by atoms with Crippen LogP contribution < -0.4 is 0 Å². The maximum atomic E-state index is 12.3. The number of rotatable bonds is 2. The zero-order chi connectivity index (χ0) is 12.6. The normalized spacial score (nSPS) is 38.4. The van der Waals surface area contributed by atoms with Gasteiger partial charge in [-0.2, -0.15) is 5.26 Å². The first kappa shape index (κ1) is 12.4. The summed E-state index contributed by atoms with van der Waals surface area (Å²) in [7, 11) is 0. The highest BCUT2D eigenvalue weighted by molar-refractivity contribution is 5.86. The molecule has 94 valence electrons. The van der Waals surface area contributed by atoms with Gasteiger partial charge in [0.05, 0.1) is 12.2 Å². The molecule has 2 aliphatic rings. The number of aliphatic hydroxyl groups excluding tert-OH is 1. The van der Waals surface area contributed by atoms with Crippen LogP contribution >= 0.6 is 0 Å². The molecular weight excluding hydrogens is 216 g/mol. The topological polar surface area (TPSA) is 64.3 Å². The van der Waals surface area contributed by atoms with Gasteiger partial charge in [-0.05, 0) is 32.1 Å². The molecule has 0 spiro atoms. The van der Waals surface area contributed by atoms with Gasteiger partial charge in [0.2, 0.25) is 5.91 Å². The van der Waals surface area contributed by atoms with Crippen LogP contribution in [-0.4, -0.2) is 35.1 Å². The van der Waals surface area contributed by atoms with Crippen LogP contribution in [0.3, 0.4) is 0 Å². The lowest BCUT2D eigenvalue weighted by molar-refractivity contribution is -0.144. The van der Waals surface area contributed by atoms with E-state index >= 15 is 0 Å². The highest BCUT2D eigenvalue weighted by atomic mass is 16.3. The average molecular weight is 236 g/mol. The second-order valence-corrected chi connectivity index (χ2v) is 5.75. The molecule has 4 heteroatoms. The molecule has 0 aromatic carbocycles. The van der Waals surface area contributed by atoms with Gasteiger partial charge in [-0.25, -0.2) is 0 Å². The molecule has 1 saturated heterocycles. The number of nitrogens with zero attached hydrogens (tertiary/aromatic N) is 2. The monoisotopic (exact) mass is 236 g/mol. The lowest BCUT2D eigenvalue weighted by Crippen LogP contribution is -2.49. The van der Waals surface area contributed by atoms with Crippen molar-refractivity contribution in [2.24, 2.45) is 17.3 Å². The van der Waals surface area contributed by atoms with Crippen LogP contribution in [-0.2, 0) is 4.79 Å². The van der Waals surface area contributed by atoms with Crippen molar-refractivity contribution in [3.8, 4) is 6.07 Å². The standard InChI is InChI=1S/C13H20N2O2/c1-9-5-13(6-9,8-14)12(17)15-4-3-11(7-15)10(2)16/h9-11,16H,3-7H2,1-2H3. The van der Waals surface area contributed by atoms with E-state index in [1.807, 2.05) is 0 Å². The van der Waals surface area contributed by atoms with Crippen LogP contribution in [0.15, 0.2) is 0 Å². The zero-order valence-corrected chi connectivity index (χ0v) is 10.5. The first-order valence-electron chi connectivity index (χ1n) is 6.37. The Morgan fingerprint density at radius 1 is 1.59 bits per heavy atom. The van der Waals surface area contributed by atoms with Crippen LogP contribution in [0.4, 0.5) is 0 Å². The predicted molar refractivity (Wildman–Crippen MR) is 62.8 cm³/mol. The summed E-state index contributed by atoms with van der Waals surface area (Å²) in [5, 5.41) is 18.7. The molecule has 1 aliphatic carbocycles. The van der Waals surface area contributed by atoms with Crippen LogP contribution in [0, 0.1) is 28.6 Å². The van der Waals surface area contributed by atoms with E-state index in [4.69, 9.17) is 0 Å². The molecule has 1 saturated carbocycles. The van der Waals surface area contributed by atoms with E-state index < -0.39 is 5.41 Å². The Hall–Kier alpha value is -1.08. The lowest BCUT2D eigenvalue weighted by Gasteiger charge is -2.41. The van der Waals surface area contributed by atoms with E-state index in [0.29, 0.717) is 31.8 Å². The van der Waals surface area contributed by atoms with E-state index in [2.05, 4.69) is 13.0 Å². The second kappa shape index (κ2) is 4.30. The Kier molecular flexibility index (Phi) is 3.13. The molecule has 4 nitrogen and oxygen atoms in total. The SMILES string of the molecule is CC1CC(C#N)(C(=O)N2CCC(C(C)O)C2)C1. The Morgan fingerprint density at radius 2 is 2.24 bits per heavy atom. The first-order valence-corrected chi connectivity index (χ1v) is 6.37. The van der Waals surface area contributed by atoms with E-state index in [1.165, 1.54) is 0 Å². The fourth-order valence-corrected chi connectivity index (χ4v) is 3.11. The second-order valence-electron chi connectivity index (χ2n) is 5.75. The van der Waals surface area contributed by atoms with E-state index in [-0.39, 0.29) is 17.9 Å². The van der Waals surface area contributed by atoms with E-state index in [0.717, 1.165) is 6.42 Å². The molecule has 2 unspecified atom stereocenters. The van der Waals surface area contributed by atoms with Crippen molar-refractivity contribution in [2.45, 2.75) is 39.2 Å². The van der Waals surface area contributed by atoms with Crippen LogP contribution in [0.5, 0.6) is 0 Å². The summed E-state index contributed by atoms with van der Waals surface area (Å²) in [6.07, 6.45) is 1.86. The molecule has 0 bridgehead atoms. The third-order valence-electron chi connectivity index (χ3n) is 4.21. The maximum absolute atomic E-state index is 12.3. The summed E-state index contributed by atoms with van der Waals surface area (Å²) >= 11 is 0. The Morgan fingerprint density at radius 3 is 2.65 bits per heavy atom. The third-order valence-corrected chi connectivity index (χ3v) is 4.21. The van der Waals surface area contributed by atoms with Crippen molar-refractivity contribution < 1.29 is 9.90 Å². The molecule has 0 aromatic rings. The van der Waals surface area contributed by atoms with Gasteiger partial charge >= 0.3 is 0 Å². The van der Waals surface area contributed by atoms with Crippen molar-refractivity contribution in [3.63, 3.8) is 0 Å². The van der Waals surface area contributed by atoms with Gasteiger partial charge in [-0.15, -0.1) is 0 Å². The minimum atomic E-state index is -0.757. The number of nitriles is 1. The number of aliphatic hydroxyl groups is 1. The fraction of sp³-hybridized carbons (Fsp3) is 0.846. The molecule has 2 atom stereocenters. The van der Waals surface area contributed by atoms with Gasteiger partial charge in [0.15, 0.2) is 0 Å². The number of carbonyl (C=O) groups excluding carboxylic acids is 1. The first-order chi connectivity index (χ1) is 7.98. The molecule has 2 fully saturated rings. The summed E-state index contributed by atoms with van der Waals surface area (Å²) in [4.78, 5) is 14.1. The number of hydrogen-bond donors (Lipinski definition) is 1. The quantitative estimate of drug-likeness (QED) is 0.782. The average Bonchev–Trinajstić information content (AvgIpc) is 2.72. The summed E-state index contributed by atoms with van der Waals surface area (Å²) in [5.41, 5.74) is -0.757. The molecule has 1 N–H and O–H groups in total. The van der Waals surface area contributed by atoms with Gasteiger partial charge in [0.1, 0.15) is 5.41 Å². The molecule has 0 radical (unpaired) electrons. The number of amides is 1. The molecular formula is C13H20N2O2. The Labute approximate surface area is 102 Å². The van der Waals surface area contributed by atoms with Crippen molar-refractivity contribution >= 4 is 5.91 Å². The van der Waals surface area contributed by atoms with Crippen LogP contribution in [0.2, 0.25) is 0 Å². The van der Waals surface area contributed by atoms with Crippen molar-refractivity contribution in [1.82, 2.24) is 4.90 Å². The highest BCUT2D eigenvalue weighted by Crippen LogP contribution is 2.46. The van der Waals surface area contributed by atoms with E-state index in [9.17, 15) is 15.2 Å². The summed E-state index contributed by atoms with van der Waals surface area (Å²) < 4.78 is 0. The van der Waals surface area contributed by atoms with Gasteiger partial charge in [0, 0.05) is 19.0 Å². The molecule has 1 amide bonds. The summed E-state index contributed by atoms with van der Waals surface area (Å²) in [6.45, 7) is 5.14. The Balaban J connectivity index is 2.00.